The quantitative estimate of drug-likeness (QED) is 0.612. The molecule has 0 unspecified atom stereocenters. The first-order chi connectivity index (χ1) is 13.5. The van der Waals surface area contributed by atoms with Gasteiger partial charge in [0.15, 0.2) is 0 Å². The molecule has 0 bridgehead atoms. The molecule has 1 aromatic heterocycles. The number of rotatable bonds is 7. The van der Waals surface area contributed by atoms with Gasteiger partial charge in [-0.05, 0) is 22.8 Å². The highest BCUT2D eigenvalue weighted by Crippen LogP contribution is 2.27. The summed E-state index contributed by atoms with van der Waals surface area (Å²) in [5.41, 5.74) is 13.5. The van der Waals surface area contributed by atoms with E-state index in [1.54, 1.807) is 12.1 Å². The van der Waals surface area contributed by atoms with Crippen LogP contribution in [0.25, 0.3) is 16.8 Å². The molecule has 0 aliphatic carbocycles. The van der Waals surface area contributed by atoms with Crippen molar-refractivity contribution in [1.82, 2.24) is 14.3 Å². The molecule has 2 aromatic carbocycles. The number of hydrogen-bond donors (Lipinski definition) is 2. The predicted octanol–water partition coefficient (Wildman–Crippen LogP) is 1.96. The molecule has 4 N–H and O–H groups in total. The Morgan fingerprint density at radius 2 is 1.90 bits per heavy atom. The zero-order chi connectivity index (χ0) is 20.1. The van der Waals surface area contributed by atoms with Crippen molar-refractivity contribution in [3.63, 3.8) is 0 Å². The van der Waals surface area contributed by atoms with E-state index in [0.29, 0.717) is 17.6 Å². The van der Waals surface area contributed by atoms with Crippen LogP contribution < -0.4 is 17.2 Å². The first-order valence-corrected chi connectivity index (χ1v) is 8.63. The van der Waals surface area contributed by atoms with Crippen molar-refractivity contribution in [2.75, 3.05) is 6.54 Å². The number of aromatic nitrogens is 3. The van der Waals surface area contributed by atoms with Crippen LogP contribution in [0.3, 0.4) is 0 Å². The number of benzene rings is 2. The second-order valence-corrected chi connectivity index (χ2v) is 6.27. The molecule has 29 heavy (non-hydrogen) atoms. The zero-order valence-electron chi connectivity index (χ0n) is 15.5. The normalized spacial score (nSPS) is 11.2. The van der Waals surface area contributed by atoms with Crippen LogP contribution in [0, 0.1) is 0 Å². The van der Waals surface area contributed by atoms with Crippen LogP contribution >= 0.6 is 12.4 Å². The Bertz CT molecular complexity index is 1080. The molecule has 0 atom stereocenters. The summed E-state index contributed by atoms with van der Waals surface area (Å²) in [7, 11) is 0. The van der Waals surface area contributed by atoms with Crippen LogP contribution in [0.5, 0.6) is 0 Å². The molecular formula is C20H21ClFN5O2. The largest absolute Gasteiger partial charge is 0.369 e. The monoisotopic (exact) mass is 417 g/mol. The highest BCUT2D eigenvalue weighted by atomic mass is 35.5. The molecule has 152 valence electrons. The van der Waals surface area contributed by atoms with E-state index in [9.17, 15) is 14.0 Å². The number of hydrogen-bond acceptors (Lipinski definition) is 4. The van der Waals surface area contributed by atoms with Crippen molar-refractivity contribution in [2.24, 2.45) is 11.5 Å². The molecule has 0 radical (unpaired) electrons. The fourth-order valence-electron chi connectivity index (χ4n) is 2.90. The molecule has 3 aromatic rings. The van der Waals surface area contributed by atoms with Crippen molar-refractivity contribution in [1.29, 1.82) is 0 Å². The van der Waals surface area contributed by atoms with Gasteiger partial charge in [0.25, 0.3) is 0 Å². The van der Waals surface area contributed by atoms with Gasteiger partial charge in [-0.15, -0.1) is 12.4 Å². The lowest BCUT2D eigenvalue weighted by Gasteiger charge is -2.12. The first kappa shape index (κ1) is 22.1. The van der Waals surface area contributed by atoms with Gasteiger partial charge in [0, 0.05) is 12.1 Å². The third-order valence-electron chi connectivity index (χ3n) is 4.29. The van der Waals surface area contributed by atoms with Crippen LogP contribution in [0.15, 0.2) is 71.6 Å². The number of nitrogens with two attached hydrogens (primary N) is 2. The Balaban J connectivity index is 0.00000300. The smallest absolute Gasteiger partial charge is 0.350 e. The topological polar surface area (TPSA) is 109 Å². The Labute approximate surface area is 172 Å². The van der Waals surface area contributed by atoms with E-state index in [1.807, 2.05) is 36.4 Å². The van der Waals surface area contributed by atoms with Crippen molar-refractivity contribution >= 4 is 18.3 Å². The number of nitrogens with zero attached hydrogens (tertiary/aromatic N) is 3. The summed E-state index contributed by atoms with van der Waals surface area (Å²) < 4.78 is 15.3. The third-order valence-corrected chi connectivity index (χ3v) is 4.29. The molecule has 0 fully saturated rings. The van der Waals surface area contributed by atoms with Crippen LogP contribution in [-0.4, -0.2) is 26.8 Å². The number of halogens is 2. The Morgan fingerprint density at radius 1 is 1.17 bits per heavy atom. The third kappa shape index (κ3) is 4.98. The Morgan fingerprint density at radius 3 is 2.52 bits per heavy atom. The molecular weight excluding hydrogens is 397 g/mol. The van der Waals surface area contributed by atoms with Gasteiger partial charge in [-0.25, -0.2) is 18.4 Å². The molecule has 1 heterocycles. The van der Waals surface area contributed by atoms with E-state index < -0.39 is 11.6 Å². The molecule has 1 amide bonds. The maximum absolute atomic E-state index is 12.8. The van der Waals surface area contributed by atoms with Gasteiger partial charge < -0.3 is 11.5 Å². The van der Waals surface area contributed by atoms with Gasteiger partial charge in [0.1, 0.15) is 6.33 Å². The number of amides is 1. The molecule has 0 saturated heterocycles. The van der Waals surface area contributed by atoms with Crippen molar-refractivity contribution in [2.45, 2.75) is 13.0 Å². The van der Waals surface area contributed by atoms with E-state index in [-0.39, 0.29) is 37.5 Å². The summed E-state index contributed by atoms with van der Waals surface area (Å²) in [6.07, 6.45) is 1.80. The lowest BCUT2D eigenvalue weighted by molar-refractivity contribution is -0.117. The summed E-state index contributed by atoms with van der Waals surface area (Å²) in [6, 6.07) is 14.9. The summed E-state index contributed by atoms with van der Waals surface area (Å²) in [5.74, 6) is -0.470. The minimum absolute atomic E-state index is 0. The van der Waals surface area contributed by atoms with Gasteiger partial charge in [-0.2, -0.15) is 5.10 Å². The molecule has 0 saturated carbocycles. The zero-order valence-corrected chi connectivity index (χ0v) is 16.3. The fraction of sp³-hybridized carbons (Fsp3) is 0.150. The standard InChI is InChI=1S/C20H20FN5O2.ClH/c21-10-15(11-22)12-26-20(28)25(13-24-26)18-8-14(9-19(23)27)6-7-17(18)16-4-2-1-3-5-16;/h1-8,10,13H,9,11-12,22H2,(H2,23,27);1H/b15-10-;. The van der Waals surface area contributed by atoms with Crippen molar-refractivity contribution in [3.05, 3.63) is 82.8 Å². The highest BCUT2D eigenvalue weighted by molar-refractivity contribution is 5.85. The lowest BCUT2D eigenvalue weighted by atomic mass is 10.00. The van der Waals surface area contributed by atoms with E-state index in [0.717, 1.165) is 15.8 Å². The molecule has 0 aliphatic heterocycles. The van der Waals surface area contributed by atoms with Gasteiger partial charge in [-0.3, -0.25) is 4.79 Å². The summed E-state index contributed by atoms with van der Waals surface area (Å²) in [5, 5.41) is 4.07. The predicted molar refractivity (Wildman–Crippen MR) is 112 cm³/mol. The average molecular weight is 418 g/mol. The van der Waals surface area contributed by atoms with E-state index >= 15 is 0 Å². The van der Waals surface area contributed by atoms with Crippen molar-refractivity contribution in [3.8, 4) is 16.8 Å². The SMILES string of the molecule is Cl.NC/C(=C/F)Cn1ncn(-c2cc(CC(N)=O)ccc2-c2ccccc2)c1=O. The van der Waals surface area contributed by atoms with Gasteiger partial charge >= 0.3 is 5.69 Å². The Kier molecular flexibility index (Phi) is 7.46. The van der Waals surface area contributed by atoms with Crippen LogP contribution in [0.2, 0.25) is 0 Å². The van der Waals surface area contributed by atoms with Crippen LogP contribution in [0.1, 0.15) is 5.56 Å². The van der Waals surface area contributed by atoms with Gasteiger partial charge in [-0.1, -0.05) is 42.5 Å². The molecule has 3 rings (SSSR count). The molecule has 0 spiro atoms. The summed E-state index contributed by atoms with van der Waals surface area (Å²) in [4.78, 5) is 24.1. The summed E-state index contributed by atoms with van der Waals surface area (Å²) in [6.45, 7) is -0.0559. The number of primary amides is 1. The Hall–Kier alpha value is -3.23. The fourth-order valence-corrected chi connectivity index (χ4v) is 2.90. The van der Waals surface area contributed by atoms with E-state index in [1.165, 1.54) is 10.9 Å². The van der Waals surface area contributed by atoms with E-state index in [4.69, 9.17) is 11.5 Å². The van der Waals surface area contributed by atoms with Crippen molar-refractivity contribution < 1.29 is 9.18 Å². The lowest BCUT2D eigenvalue weighted by Crippen LogP contribution is -2.26. The first-order valence-electron chi connectivity index (χ1n) is 8.63. The van der Waals surface area contributed by atoms with Crippen LogP contribution in [-0.2, 0) is 17.8 Å². The molecule has 0 aliphatic rings. The highest BCUT2D eigenvalue weighted by Gasteiger charge is 2.14. The maximum atomic E-state index is 12.8. The minimum Gasteiger partial charge on any atom is -0.369 e. The average Bonchev–Trinajstić information content (AvgIpc) is 3.06. The summed E-state index contributed by atoms with van der Waals surface area (Å²) >= 11 is 0. The second kappa shape index (κ2) is 9.81. The second-order valence-electron chi connectivity index (χ2n) is 6.27. The number of carbonyl (C=O) groups excluding carboxylic acids is 1. The van der Waals surface area contributed by atoms with Crippen LogP contribution in [0.4, 0.5) is 4.39 Å². The van der Waals surface area contributed by atoms with Gasteiger partial charge in [0.2, 0.25) is 5.91 Å². The molecule has 7 nitrogen and oxygen atoms in total. The maximum Gasteiger partial charge on any atom is 0.350 e. The molecule has 9 heteroatoms. The minimum atomic E-state index is -0.470. The number of carbonyl (C=O) groups is 1. The van der Waals surface area contributed by atoms with Gasteiger partial charge in [0.05, 0.1) is 25.0 Å². The van der Waals surface area contributed by atoms with E-state index in [2.05, 4.69) is 5.10 Å².